The first-order valence-electron chi connectivity index (χ1n) is 14.0. The van der Waals surface area contributed by atoms with Crippen molar-refractivity contribution < 1.29 is 29.4 Å². The monoisotopic (exact) mass is 611 g/mol. The lowest BCUT2D eigenvalue weighted by Gasteiger charge is -2.25. The summed E-state index contributed by atoms with van der Waals surface area (Å²) in [5.41, 5.74) is 23.3. The molecule has 44 heavy (non-hydrogen) atoms. The van der Waals surface area contributed by atoms with Gasteiger partial charge in [-0.3, -0.25) is 19.4 Å². The topological polar surface area (TPSA) is 274 Å². The van der Waals surface area contributed by atoms with E-state index in [1.54, 1.807) is 49.4 Å². The van der Waals surface area contributed by atoms with Crippen molar-refractivity contribution >= 4 is 35.6 Å². The van der Waals surface area contributed by atoms with Gasteiger partial charge in [0, 0.05) is 19.4 Å². The van der Waals surface area contributed by atoms with Crippen molar-refractivity contribution in [3.05, 3.63) is 65.7 Å². The van der Waals surface area contributed by atoms with E-state index in [9.17, 15) is 29.4 Å². The zero-order valence-electron chi connectivity index (χ0n) is 24.5. The number of aliphatic carboxylic acids is 1. The van der Waals surface area contributed by atoms with Crippen LogP contribution in [0.3, 0.4) is 0 Å². The van der Waals surface area contributed by atoms with Crippen LogP contribution in [0.5, 0.6) is 5.75 Å². The number of hydrogen-bond acceptors (Lipinski definition) is 7. The number of carbonyl (C=O) groups excluding carboxylic acids is 3. The standard InChI is InChI=1S/C29H41N9O6/c1-2-20(27(43)44)35-25(41)22(15-17-7-4-3-5-8-17)37-24(40)21(9-6-14-34-28(30)31)36-26(42)23(38-29(32)33)16-18-10-12-19(39)13-11-18/h3-5,7-8,10-13,20-23,39H,2,6,9,14-16H2,1H3,(H,35,41)(H,36,42)(H,37,40)(H,43,44)(H4,30,31,34)(H4,32,33,38)/t20-,21-,22+,23+/m1/s1. The number of benzene rings is 2. The summed E-state index contributed by atoms with van der Waals surface area (Å²) in [6.07, 6.45) is 0.603. The third-order valence-corrected chi connectivity index (χ3v) is 6.49. The molecule has 0 radical (unpaired) electrons. The number of aliphatic imine (C=N–C) groups is 2. The van der Waals surface area contributed by atoms with E-state index in [1.807, 2.05) is 0 Å². The number of nitrogens with two attached hydrogens (primary N) is 4. The molecular weight excluding hydrogens is 570 g/mol. The van der Waals surface area contributed by atoms with E-state index in [4.69, 9.17) is 22.9 Å². The van der Waals surface area contributed by atoms with Crippen molar-refractivity contribution in [2.75, 3.05) is 6.54 Å². The predicted octanol–water partition coefficient (Wildman–Crippen LogP) is -1.18. The maximum atomic E-state index is 13.6. The lowest BCUT2D eigenvalue weighted by atomic mass is 10.0. The molecular formula is C29H41N9O6. The summed E-state index contributed by atoms with van der Waals surface area (Å²) in [6.45, 7) is 1.77. The minimum Gasteiger partial charge on any atom is -0.508 e. The highest BCUT2D eigenvalue weighted by Gasteiger charge is 2.30. The Morgan fingerprint density at radius 3 is 1.89 bits per heavy atom. The van der Waals surface area contributed by atoms with Crippen LogP contribution < -0.4 is 38.9 Å². The van der Waals surface area contributed by atoms with Gasteiger partial charge in [0.15, 0.2) is 11.9 Å². The second-order valence-electron chi connectivity index (χ2n) is 10.0. The number of carbonyl (C=O) groups is 4. The number of guanidine groups is 2. The van der Waals surface area contributed by atoms with E-state index in [-0.39, 0.29) is 56.3 Å². The Labute approximate surface area is 255 Å². The van der Waals surface area contributed by atoms with Gasteiger partial charge in [0.2, 0.25) is 17.7 Å². The summed E-state index contributed by atoms with van der Waals surface area (Å²) in [5.74, 6) is -3.73. The minimum absolute atomic E-state index is 0.0387. The van der Waals surface area contributed by atoms with Gasteiger partial charge in [0.25, 0.3) is 0 Å². The van der Waals surface area contributed by atoms with Gasteiger partial charge >= 0.3 is 5.97 Å². The molecule has 2 aromatic carbocycles. The highest BCUT2D eigenvalue weighted by Crippen LogP contribution is 2.13. The Balaban J connectivity index is 2.32. The van der Waals surface area contributed by atoms with Gasteiger partial charge in [-0.1, -0.05) is 49.4 Å². The fourth-order valence-electron chi connectivity index (χ4n) is 4.21. The first kappa shape index (κ1) is 34.9. The summed E-state index contributed by atoms with van der Waals surface area (Å²) >= 11 is 0. The van der Waals surface area contributed by atoms with Gasteiger partial charge in [0.05, 0.1) is 0 Å². The molecule has 2 rings (SSSR count). The van der Waals surface area contributed by atoms with E-state index in [2.05, 4.69) is 25.9 Å². The third kappa shape index (κ3) is 12.3. The second-order valence-corrected chi connectivity index (χ2v) is 10.0. The number of amides is 3. The van der Waals surface area contributed by atoms with E-state index >= 15 is 0 Å². The normalized spacial score (nSPS) is 13.3. The SMILES string of the molecule is CC[C@@H](NC(=O)[C@H](Cc1ccccc1)NC(=O)[C@@H](CCCN=C(N)N)NC(=O)[C@H](Cc1ccc(O)cc1)N=C(N)N)C(=O)O. The molecule has 0 saturated heterocycles. The molecule has 0 spiro atoms. The molecule has 0 bridgehead atoms. The summed E-state index contributed by atoms with van der Waals surface area (Å²) in [7, 11) is 0. The van der Waals surface area contributed by atoms with Crippen molar-refractivity contribution in [2.45, 2.75) is 63.2 Å². The molecule has 0 unspecified atom stereocenters. The van der Waals surface area contributed by atoms with Gasteiger partial charge in [-0.25, -0.2) is 9.79 Å². The quantitative estimate of drug-likeness (QED) is 0.0586. The molecule has 4 atom stereocenters. The number of rotatable bonds is 17. The molecule has 0 aliphatic heterocycles. The maximum Gasteiger partial charge on any atom is 0.326 e. The lowest BCUT2D eigenvalue weighted by molar-refractivity contribution is -0.142. The van der Waals surface area contributed by atoms with Crippen LogP contribution in [0.2, 0.25) is 0 Å². The van der Waals surface area contributed by atoms with Gasteiger partial charge < -0.3 is 49.1 Å². The minimum atomic E-state index is -1.21. The van der Waals surface area contributed by atoms with Crippen molar-refractivity contribution in [1.29, 1.82) is 0 Å². The number of phenols is 1. The largest absolute Gasteiger partial charge is 0.508 e. The number of hydrogen-bond donors (Lipinski definition) is 9. The van der Waals surface area contributed by atoms with Crippen LogP contribution in [0, 0.1) is 0 Å². The molecule has 0 fully saturated rings. The maximum absolute atomic E-state index is 13.6. The summed E-state index contributed by atoms with van der Waals surface area (Å²) in [5, 5.41) is 26.8. The van der Waals surface area contributed by atoms with Crippen LogP contribution in [0.1, 0.15) is 37.3 Å². The smallest absolute Gasteiger partial charge is 0.326 e. The molecule has 0 aliphatic carbocycles. The molecule has 238 valence electrons. The Kier molecular flexibility index (Phi) is 13.9. The zero-order valence-corrected chi connectivity index (χ0v) is 24.5. The highest BCUT2D eigenvalue weighted by atomic mass is 16.4. The zero-order chi connectivity index (χ0) is 32.6. The van der Waals surface area contributed by atoms with Crippen LogP contribution >= 0.6 is 0 Å². The van der Waals surface area contributed by atoms with Crippen molar-refractivity contribution in [1.82, 2.24) is 16.0 Å². The van der Waals surface area contributed by atoms with E-state index in [1.165, 1.54) is 12.1 Å². The van der Waals surface area contributed by atoms with Gasteiger partial charge in [-0.2, -0.15) is 0 Å². The number of carboxylic acid groups (broad SMARTS) is 1. The van der Waals surface area contributed by atoms with Crippen molar-refractivity contribution in [2.24, 2.45) is 32.9 Å². The molecule has 0 heterocycles. The molecule has 0 saturated carbocycles. The van der Waals surface area contributed by atoms with Gasteiger partial charge in [-0.15, -0.1) is 0 Å². The van der Waals surface area contributed by atoms with Crippen LogP contribution in [-0.2, 0) is 32.0 Å². The van der Waals surface area contributed by atoms with E-state index in [0.717, 1.165) is 0 Å². The van der Waals surface area contributed by atoms with Crippen molar-refractivity contribution in [3.63, 3.8) is 0 Å². The van der Waals surface area contributed by atoms with Crippen LogP contribution in [0.4, 0.5) is 0 Å². The highest BCUT2D eigenvalue weighted by molar-refractivity contribution is 5.95. The summed E-state index contributed by atoms with van der Waals surface area (Å²) < 4.78 is 0. The van der Waals surface area contributed by atoms with Crippen LogP contribution in [0.25, 0.3) is 0 Å². The summed E-state index contributed by atoms with van der Waals surface area (Å²) in [4.78, 5) is 59.7. The second kappa shape index (κ2) is 17.6. The summed E-state index contributed by atoms with van der Waals surface area (Å²) in [6, 6.07) is 10.3. The predicted molar refractivity (Wildman–Crippen MR) is 165 cm³/mol. The van der Waals surface area contributed by atoms with Crippen LogP contribution in [-0.4, -0.2) is 76.5 Å². The number of nitrogens with zero attached hydrogens (tertiary/aromatic N) is 2. The molecule has 2 aromatic rings. The fourth-order valence-corrected chi connectivity index (χ4v) is 4.21. The molecule has 3 amide bonds. The Morgan fingerprint density at radius 1 is 0.750 bits per heavy atom. The number of nitrogens with one attached hydrogen (secondary N) is 3. The van der Waals surface area contributed by atoms with E-state index in [0.29, 0.717) is 11.1 Å². The third-order valence-electron chi connectivity index (χ3n) is 6.49. The Hall–Kier alpha value is -5.34. The first-order chi connectivity index (χ1) is 20.9. The van der Waals surface area contributed by atoms with Gasteiger partial charge in [0.1, 0.15) is 29.9 Å². The number of carboxylic acids is 1. The van der Waals surface area contributed by atoms with E-state index < -0.39 is 47.9 Å². The Bertz CT molecular complexity index is 1310. The first-order valence-corrected chi connectivity index (χ1v) is 14.0. The number of aromatic hydroxyl groups is 1. The molecule has 15 nitrogen and oxygen atoms in total. The molecule has 0 aliphatic rings. The fraction of sp³-hybridized carbons (Fsp3) is 0.379. The number of phenolic OH excluding ortho intramolecular Hbond substituents is 1. The average Bonchev–Trinajstić information content (AvgIpc) is 2.97. The molecule has 0 aromatic heterocycles. The van der Waals surface area contributed by atoms with Crippen molar-refractivity contribution in [3.8, 4) is 5.75 Å². The van der Waals surface area contributed by atoms with Gasteiger partial charge in [-0.05, 0) is 42.5 Å². The van der Waals surface area contributed by atoms with Crippen LogP contribution in [0.15, 0.2) is 64.6 Å². The molecule has 15 heteroatoms. The Morgan fingerprint density at radius 2 is 1.32 bits per heavy atom. The average molecular weight is 612 g/mol. The molecule has 13 N–H and O–H groups in total. The lowest BCUT2D eigenvalue weighted by Crippen LogP contribution is -2.57.